The van der Waals surface area contributed by atoms with E-state index < -0.39 is 12.1 Å². The van der Waals surface area contributed by atoms with Crippen LogP contribution in [0.25, 0.3) is 10.6 Å². The minimum absolute atomic E-state index is 0.0266. The molecule has 34 heavy (non-hydrogen) atoms. The molecule has 2 heterocycles. The van der Waals surface area contributed by atoms with Gasteiger partial charge in [0.05, 0.1) is 28.3 Å². The van der Waals surface area contributed by atoms with Gasteiger partial charge in [0.1, 0.15) is 12.4 Å². The summed E-state index contributed by atoms with van der Waals surface area (Å²) in [5.74, 6) is -0.00950. The third-order valence-corrected chi connectivity index (χ3v) is 7.73. The van der Waals surface area contributed by atoms with Crippen LogP contribution in [0, 0.1) is 23.9 Å². The number of thiophene rings is 1. The molecule has 184 valence electrons. The van der Waals surface area contributed by atoms with E-state index in [0.29, 0.717) is 52.9 Å². The van der Waals surface area contributed by atoms with Crippen molar-refractivity contribution in [2.45, 2.75) is 64.6 Å². The molecular formula is C25H31FN2O5S. The normalized spacial score (nSPS) is 20.4. The second kappa shape index (κ2) is 10.7. The van der Waals surface area contributed by atoms with Crippen LogP contribution < -0.4 is 4.74 Å². The Morgan fingerprint density at radius 1 is 1.24 bits per heavy atom. The van der Waals surface area contributed by atoms with Crippen LogP contribution in [-0.2, 0) is 16.1 Å². The first-order valence-electron chi connectivity index (χ1n) is 11.8. The van der Waals surface area contributed by atoms with Crippen LogP contribution in [-0.4, -0.2) is 46.7 Å². The standard InChI is InChI=1S/C25H31FN2O5S/c1-15-21(33-19-8-4-7-17(11-19)24(29)30)10-9-20(27-15)23-18(12-22(26)34-23)14-32-25(31)28(2)13-16-5-3-6-16/h9-10,12,16-17,19H,3-8,11,13-14H2,1-2H3,(H,29,30)/t17-,19-/m0/s1. The maximum Gasteiger partial charge on any atom is 0.409 e. The smallest absolute Gasteiger partial charge is 0.409 e. The van der Waals surface area contributed by atoms with Crippen LogP contribution in [0.5, 0.6) is 5.75 Å². The predicted octanol–water partition coefficient (Wildman–Crippen LogP) is 5.65. The van der Waals surface area contributed by atoms with Crippen molar-refractivity contribution in [3.63, 3.8) is 0 Å². The van der Waals surface area contributed by atoms with Crippen molar-refractivity contribution in [3.8, 4) is 16.3 Å². The quantitative estimate of drug-likeness (QED) is 0.515. The number of hydrogen-bond acceptors (Lipinski definition) is 6. The van der Waals surface area contributed by atoms with Crippen molar-refractivity contribution >= 4 is 23.4 Å². The molecular weight excluding hydrogens is 459 g/mol. The van der Waals surface area contributed by atoms with E-state index in [2.05, 4.69) is 4.98 Å². The van der Waals surface area contributed by atoms with Gasteiger partial charge in [0.25, 0.3) is 0 Å². The highest BCUT2D eigenvalue weighted by Crippen LogP contribution is 2.35. The topological polar surface area (TPSA) is 89.0 Å². The minimum atomic E-state index is -0.777. The van der Waals surface area contributed by atoms with Gasteiger partial charge in [0, 0.05) is 19.2 Å². The molecule has 0 saturated heterocycles. The molecule has 0 aromatic carbocycles. The van der Waals surface area contributed by atoms with E-state index in [1.165, 1.54) is 12.5 Å². The molecule has 2 saturated carbocycles. The lowest BCUT2D eigenvalue weighted by atomic mass is 9.85. The maximum atomic E-state index is 14.1. The molecule has 7 nitrogen and oxygen atoms in total. The van der Waals surface area contributed by atoms with E-state index in [-0.39, 0.29) is 23.8 Å². The summed E-state index contributed by atoms with van der Waals surface area (Å²) in [6, 6.07) is 4.94. The average Bonchev–Trinajstić information content (AvgIpc) is 3.16. The number of carboxylic acid groups (broad SMARTS) is 1. The predicted molar refractivity (Wildman–Crippen MR) is 126 cm³/mol. The van der Waals surface area contributed by atoms with Gasteiger partial charge in [0.15, 0.2) is 5.13 Å². The SMILES string of the molecule is Cc1nc(-c2sc(F)cc2COC(=O)N(C)CC2CCC2)ccc1O[C@H]1CCC[C@H](C(=O)O)C1. The Hall–Kier alpha value is -2.68. The summed E-state index contributed by atoms with van der Waals surface area (Å²) < 4.78 is 25.7. The maximum absolute atomic E-state index is 14.1. The van der Waals surface area contributed by atoms with Crippen LogP contribution in [0.15, 0.2) is 18.2 Å². The number of nitrogens with zero attached hydrogens (tertiary/aromatic N) is 2. The number of hydrogen-bond donors (Lipinski definition) is 1. The van der Waals surface area contributed by atoms with Crippen LogP contribution in [0.4, 0.5) is 9.18 Å². The molecule has 2 aromatic heterocycles. The number of halogens is 1. The van der Waals surface area contributed by atoms with Crippen LogP contribution in [0.2, 0.25) is 0 Å². The molecule has 9 heteroatoms. The fourth-order valence-corrected chi connectivity index (χ4v) is 5.42. The van der Waals surface area contributed by atoms with E-state index in [1.807, 2.05) is 6.92 Å². The first-order chi connectivity index (χ1) is 16.3. The van der Waals surface area contributed by atoms with E-state index in [1.54, 1.807) is 24.1 Å². The van der Waals surface area contributed by atoms with Gasteiger partial charge in [-0.15, -0.1) is 11.3 Å². The largest absolute Gasteiger partial charge is 0.489 e. The molecule has 0 radical (unpaired) electrons. The molecule has 2 aromatic rings. The number of ether oxygens (including phenoxy) is 2. The number of carboxylic acids is 1. The van der Waals surface area contributed by atoms with Gasteiger partial charge in [0.2, 0.25) is 0 Å². The monoisotopic (exact) mass is 490 g/mol. The Morgan fingerprint density at radius 2 is 2.00 bits per heavy atom. The molecule has 1 N–H and O–H groups in total. The van der Waals surface area contributed by atoms with Gasteiger partial charge >= 0.3 is 12.1 Å². The summed E-state index contributed by atoms with van der Waals surface area (Å²) in [7, 11) is 1.73. The van der Waals surface area contributed by atoms with E-state index in [4.69, 9.17) is 9.47 Å². The van der Waals surface area contributed by atoms with Gasteiger partial charge in [-0.3, -0.25) is 4.79 Å². The Bertz CT molecular complexity index is 1040. The highest BCUT2D eigenvalue weighted by atomic mass is 32.1. The summed E-state index contributed by atoms with van der Waals surface area (Å²) in [4.78, 5) is 30.5. The van der Waals surface area contributed by atoms with Crippen molar-refractivity contribution in [3.05, 3.63) is 34.6 Å². The first kappa shape index (κ1) is 24.4. The summed E-state index contributed by atoms with van der Waals surface area (Å²) in [5, 5.41) is 8.93. The van der Waals surface area contributed by atoms with Crippen molar-refractivity contribution < 1.29 is 28.6 Å². The highest BCUT2D eigenvalue weighted by molar-refractivity contribution is 7.14. The number of carbonyl (C=O) groups excluding carboxylic acids is 1. The number of aliphatic carboxylic acids is 1. The zero-order valence-electron chi connectivity index (χ0n) is 19.6. The van der Waals surface area contributed by atoms with E-state index >= 15 is 0 Å². The second-order valence-electron chi connectivity index (χ2n) is 9.36. The zero-order chi connectivity index (χ0) is 24.2. The van der Waals surface area contributed by atoms with Gasteiger partial charge in [-0.2, -0.15) is 4.39 Å². The molecule has 0 unspecified atom stereocenters. The number of aromatic nitrogens is 1. The molecule has 1 amide bonds. The van der Waals surface area contributed by atoms with E-state index in [9.17, 15) is 19.1 Å². The number of carbonyl (C=O) groups is 2. The lowest BCUT2D eigenvalue weighted by molar-refractivity contribution is -0.143. The fraction of sp³-hybridized carbons (Fsp3) is 0.560. The summed E-state index contributed by atoms with van der Waals surface area (Å²) in [6.45, 7) is 2.47. The van der Waals surface area contributed by atoms with Crippen molar-refractivity contribution in [1.29, 1.82) is 0 Å². The summed E-state index contributed by atoms with van der Waals surface area (Å²) in [6.07, 6.45) is 5.72. The Labute approximate surface area is 202 Å². The number of rotatable bonds is 8. The molecule has 0 bridgehead atoms. The van der Waals surface area contributed by atoms with Crippen molar-refractivity contribution in [1.82, 2.24) is 9.88 Å². The lowest BCUT2D eigenvalue weighted by Gasteiger charge is -2.29. The Balaban J connectivity index is 1.40. The average molecular weight is 491 g/mol. The van der Waals surface area contributed by atoms with Crippen LogP contribution in [0.1, 0.15) is 56.2 Å². The molecule has 0 aliphatic heterocycles. The molecule has 2 aliphatic carbocycles. The molecule has 2 atom stereocenters. The van der Waals surface area contributed by atoms with Gasteiger partial charge in [-0.1, -0.05) is 6.42 Å². The lowest BCUT2D eigenvalue weighted by Crippen LogP contribution is -2.34. The summed E-state index contributed by atoms with van der Waals surface area (Å²) >= 11 is 0.964. The number of pyridine rings is 1. The zero-order valence-corrected chi connectivity index (χ0v) is 20.4. The number of aryl methyl sites for hydroxylation is 1. The van der Waals surface area contributed by atoms with Gasteiger partial charge in [-0.05, 0) is 69.6 Å². The van der Waals surface area contributed by atoms with Gasteiger partial charge < -0.3 is 19.5 Å². The van der Waals surface area contributed by atoms with Crippen LogP contribution >= 0.6 is 11.3 Å². The summed E-state index contributed by atoms with van der Waals surface area (Å²) in [5.41, 5.74) is 1.80. The van der Waals surface area contributed by atoms with Crippen LogP contribution in [0.3, 0.4) is 0 Å². The third-order valence-electron chi connectivity index (χ3n) is 6.74. The minimum Gasteiger partial charge on any atom is -0.489 e. The molecule has 2 fully saturated rings. The van der Waals surface area contributed by atoms with E-state index in [0.717, 1.165) is 37.0 Å². The van der Waals surface area contributed by atoms with Crippen molar-refractivity contribution in [2.75, 3.05) is 13.6 Å². The second-order valence-corrected chi connectivity index (χ2v) is 10.4. The highest BCUT2D eigenvalue weighted by Gasteiger charge is 2.28. The molecule has 4 rings (SSSR count). The Morgan fingerprint density at radius 3 is 2.68 bits per heavy atom. The number of amides is 1. The van der Waals surface area contributed by atoms with Gasteiger partial charge in [-0.25, -0.2) is 9.78 Å². The molecule has 0 spiro atoms. The third kappa shape index (κ3) is 5.87. The molecule has 2 aliphatic rings. The Kier molecular flexibility index (Phi) is 7.70. The fourth-order valence-electron chi connectivity index (χ4n) is 4.56. The first-order valence-corrected chi connectivity index (χ1v) is 12.7. The van der Waals surface area contributed by atoms with Crippen molar-refractivity contribution in [2.24, 2.45) is 11.8 Å².